The van der Waals surface area contributed by atoms with Crippen molar-refractivity contribution >= 4 is 29.1 Å². The van der Waals surface area contributed by atoms with E-state index in [1.54, 1.807) is 44.3 Å². The van der Waals surface area contributed by atoms with Crippen LogP contribution in [-0.2, 0) is 0 Å². The van der Waals surface area contributed by atoms with Crippen LogP contribution in [-0.4, -0.2) is 33.6 Å². The van der Waals surface area contributed by atoms with Crippen molar-refractivity contribution in [2.75, 3.05) is 12.4 Å². The Morgan fingerprint density at radius 1 is 1.21 bits per heavy atom. The van der Waals surface area contributed by atoms with Crippen molar-refractivity contribution in [2.24, 2.45) is 0 Å². The minimum atomic E-state index is -0.495. The van der Waals surface area contributed by atoms with E-state index >= 15 is 0 Å². The molecule has 3 aromatic rings. The highest BCUT2D eigenvalue weighted by atomic mass is 35.5. The largest absolute Gasteiger partial charge is 0.355 e. The fourth-order valence-corrected chi connectivity index (χ4v) is 3.07. The lowest BCUT2D eigenvalue weighted by Gasteiger charge is -2.14. The Kier molecular flexibility index (Phi) is 5.61. The highest BCUT2D eigenvalue weighted by Crippen LogP contribution is 2.25. The van der Waals surface area contributed by atoms with Gasteiger partial charge >= 0.3 is 0 Å². The third-order valence-electron chi connectivity index (χ3n) is 4.18. The van der Waals surface area contributed by atoms with Crippen LogP contribution < -0.4 is 10.6 Å². The van der Waals surface area contributed by atoms with Gasteiger partial charge in [-0.2, -0.15) is 10.4 Å². The van der Waals surface area contributed by atoms with Crippen molar-refractivity contribution in [3.8, 4) is 11.9 Å². The number of benzene rings is 1. The van der Waals surface area contributed by atoms with Gasteiger partial charge in [-0.25, -0.2) is 9.67 Å². The van der Waals surface area contributed by atoms with Crippen LogP contribution in [0.15, 0.2) is 36.5 Å². The number of rotatable bonds is 4. The number of anilines is 1. The summed E-state index contributed by atoms with van der Waals surface area (Å²) in [7, 11) is 1.48. The van der Waals surface area contributed by atoms with Gasteiger partial charge in [-0.1, -0.05) is 11.6 Å². The Labute approximate surface area is 172 Å². The van der Waals surface area contributed by atoms with Gasteiger partial charge in [0.2, 0.25) is 0 Å². The SMILES string of the molecule is CNC(=O)c1cc(C#N)cc(C)c1NC(=O)c1cc(C)nn1-c1ncccc1Cl. The number of nitrogens with one attached hydrogen (secondary N) is 2. The third kappa shape index (κ3) is 3.95. The molecule has 0 unspecified atom stereocenters. The molecule has 0 saturated heterocycles. The van der Waals surface area contributed by atoms with E-state index in [0.717, 1.165) is 0 Å². The van der Waals surface area contributed by atoms with E-state index in [9.17, 15) is 14.9 Å². The minimum absolute atomic E-state index is 0.191. The lowest BCUT2D eigenvalue weighted by molar-refractivity contribution is 0.0964. The molecule has 1 aromatic carbocycles. The Morgan fingerprint density at radius 2 is 1.97 bits per heavy atom. The Hall–Kier alpha value is -3.70. The van der Waals surface area contributed by atoms with E-state index in [-0.39, 0.29) is 11.3 Å². The molecular weight excluding hydrogens is 392 g/mol. The normalized spacial score (nSPS) is 10.3. The number of aryl methyl sites for hydroxylation is 2. The molecule has 3 rings (SSSR count). The van der Waals surface area contributed by atoms with Crippen LogP contribution in [0.2, 0.25) is 5.02 Å². The number of halogens is 1. The van der Waals surface area contributed by atoms with Crippen LogP contribution in [0.4, 0.5) is 5.69 Å². The Balaban J connectivity index is 2.06. The van der Waals surface area contributed by atoms with E-state index in [1.807, 2.05) is 6.07 Å². The molecule has 2 N–H and O–H groups in total. The molecular formula is C20H17ClN6O2. The summed E-state index contributed by atoms with van der Waals surface area (Å²) in [5.74, 6) is -0.598. The van der Waals surface area contributed by atoms with Gasteiger partial charge in [0.05, 0.1) is 33.6 Å². The van der Waals surface area contributed by atoms with E-state index < -0.39 is 11.8 Å². The lowest BCUT2D eigenvalue weighted by Crippen LogP contribution is -2.24. The van der Waals surface area contributed by atoms with Crippen LogP contribution >= 0.6 is 11.6 Å². The zero-order valence-corrected chi connectivity index (χ0v) is 16.7. The first kappa shape index (κ1) is 20.0. The van der Waals surface area contributed by atoms with Gasteiger partial charge in [0, 0.05) is 13.2 Å². The monoisotopic (exact) mass is 408 g/mol. The van der Waals surface area contributed by atoms with Crippen molar-refractivity contribution in [1.29, 1.82) is 5.26 Å². The van der Waals surface area contributed by atoms with Crippen molar-refractivity contribution in [3.05, 3.63) is 69.6 Å². The summed E-state index contributed by atoms with van der Waals surface area (Å²) in [6.07, 6.45) is 1.55. The average molecular weight is 409 g/mol. The van der Waals surface area contributed by atoms with Gasteiger partial charge in [0.1, 0.15) is 5.69 Å². The smallest absolute Gasteiger partial charge is 0.274 e. The van der Waals surface area contributed by atoms with Crippen molar-refractivity contribution < 1.29 is 9.59 Å². The highest BCUT2D eigenvalue weighted by molar-refractivity contribution is 6.32. The fraction of sp³-hybridized carbons (Fsp3) is 0.150. The van der Waals surface area contributed by atoms with Crippen molar-refractivity contribution in [3.63, 3.8) is 0 Å². The van der Waals surface area contributed by atoms with E-state index in [0.29, 0.717) is 33.3 Å². The predicted molar refractivity (Wildman–Crippen MR) is 108 cm³/mol. The second-order valence-corrected chi connectivity index (χ2v) is 6.66. The number of amides is 2. The molecule has 2 heterocycles. The number of aromatic nitrogens is 3. The van der Waals surface area contributed by atoms with Gasteiger partial charge in [0.25, 0.3) is 11.8 Å². The fourth-order valence-electron chi connectivity index (χ4n) is 2.86. The lowest BCUT2D eigenvalue weighted by atomic mass is 10.0. The molecule has 2 aromatic heterocycles. The number of nitrogens with zero attached hydrogens (tertiary/aromatic N) is 4. The van der Waals surface area contributed by atoms with Crippen LogP contribution in [0, 0.1) is 25.2 Å². The summed E-state index contributed by atoms with van der Waals surface area (Å²) >= 11 is 6.21. The highest BCUT2D eigenvalue weighted by Gasteiger charge is 2.21. The van der Waals surface area contributed by atoms with Gasteiger partial charge in [-0.15, -0.1) is 0 Å². The molecule has 0 saturated carbocycles. The Morgan fingerprint density at radius 3 is 2.62 bits per heavy atom. The molecule has 0 aliphatic heterocycles. The first-order valence-corrected chi connectivity index (χ1v) is 8.99. The van der Waals surface area contributed by atoms with Crippen molar-refractivity contribution in [2.45, 2.75) is 13.8 Å². The molecule has 29 heavy (non-hydrogen) atoms. The standard InChI is InChI=1S/C20H17ClN6O2/c1-11-7-13(10-22)9-14(19(28)23-3)17(11)25-20(29)16-8-12(2)26-27(16)18-15(21)5-4-6-24-18/h4-9H,1-3H3,(H,23,28)(H,25,29). The Bertz CT molecular complexity index is 1160. The maximum Gasteiger partial charge on any atom is 0.274 e. The number of pyridine rings is 1. The molecule has 0 spiro atoms. The van der Waals surface area contributed by atoms with Crippen LogP contribution in [0.1, 0.15) is 37.7 Å². The molecule has 2 amide bonds. The molecule has 0 atom stereocenters. The maximum absolute atomic E-state index is 13.1. The number of hydrogen-bond acceptors (Lipinski definition) is 5. The van der Waals surface area contributed by atoms with Crippen molar-refractivity contribution in [1.82, 2.24) is 20.1 Å². The summed E-state index contributed by atoms with van der Waals surface area (Å²) in [6, 6.07) is 9.96. The molecule has 0 aliphatic carbocycles. The number of carbonyl (C=O) groups excluding carboxylic acids is 2. The zero-order chi connectivity index (χ0) is 21.1. The van der Waals surface area contributed by atoms with E-state index in [4.69, 9.17) is 11.6 Å². The molecule has 146 valence electrons. The summed E-state index contributed by atoms with van der Waals surface area (Å²) in [5.41, 5.74) is 2.20. The second kappa shape index (κ2) is 8.12. The van der Waals surface area contributed by atoms with E-state index in [1.165, 1.54) is 17.8 Å². The quantitative estimate of drug-likeness (QED) is 0.688. The minimum Gasteiger partial charge on any atom is -0.355 e. The summed E-state index contributed by atoms with van der Waals surface area (Å²) in [4.78, 5) is 29.6. The summed E-state index contributed by atoms with van der Waals surface area (Å²) in [5, 5.41) is 19.1. The molecule has 0 radical (unpaired) electrons. The third-order valence-corrected chi connectivity index (χ3v) is 4.47. The molecule has 9 heteroatoms. The second-order valence-electron chi connectivity index (χ2n) is 6.25. The van der Waals surface area contributed by atoms with E-state index in [2.05, 4.69) is 20.7 Å². The molecule has 8 nitrogen and oxygen atoms in total. The predicted octanol–water partition coefficient (Wildman–Crippen LogP) is 3.02. The topological polar surface area (TPSA) is 113 Å². The number of carbonyl (C=O) groups is 2. The molecule has 0 fully saturated rings. The summed E-state index contributed by atoms with van der Waals surface area (Å²) in [6.45, 7) is 3.45. The molecule has 0 aliphatic rings. The number of hydrogen-bond donors (Lipinski definition) is 2. The zero-order valence-electron chi connectivity index (χ0n) is 15.9. The average Bonchev–Trinajstić information content (AvgIpc) is 3.10. The first-order chi connectivity index (χ1) is 13.8. The van der Waals surface area contributed by atoms with Crippen LogP contribution in [0.5, 0.6) is 0 Å². The van der Waals surface area contributed by atoms with Gasteiger partial charge in [-0.3, -0.25) is 9.59 Å². The van der Waals surface area contributed by atoms with Crippen LogP contribution in [0.3, 0.4) is 0 Å². The van der Waals surface area contributed by atoms with Crippen LogP contribution in [0.25, 0.3) is 5.82 Å². The van der Waals surface area contributed by atoms with Gasteiger partial charge < -0.3 is 10.6 Å². The van der Waals surface area contributed by atoms with Gasteiger partial charge in [-0.05, 0) is 49.7 Å². The first-order valence-electron chi connectivity index (χ1n) is 8.61. The maximum atomic E-state index is 13.1. The number of nitriles is 1. The summed E-state index contributed by atoms with van der Waals surface area (Å²) < 4.78 is 1.35. The molecule has 0 bridgehead atoms. The van der Waals surface area contributed by atoms with Gasteiger partial charge in [0.15, 0.2) is 5.82 Å².